The number of carboxylic acid groups (broad SMARTS) is 1. The van der Waals surface area contributed by atoms with Crippen molar-refractivity contribution in [2.45, 2.75) is 20.3 Å². The van der Waals surface area contributed by atoms with Gasteiger partial charge in [-0.05, 0) is 17.7 Å². The van der Waals surface area contributed by atoms with Gasteiger partial charge in [-0.2, -0.15) is 0 Å². The lowest BCUT2D eigenvalue weighted by Crippen LogP contribution is -1.99. The number of rotatable bonds is 3. The molecule has 1 rings (SSSR count). The highest BCUT2D eigenvalue weighted by Crippen LogP contribution is 2.16. The maximum Gasteiger partial charge on any atom is 0.307 e. The summed E-state index contributed by atoms with van der Waals surface area (Å²) >= 11 is 0. The van der Waals surface area contributed by atoms with Gasteiger partial charge in [0.15, 0.2) is 6.29 Å². The Morgan fingerprint density at radius 3 is 2.40 bits per heavy atom. The molecule has 4 heteroatoms. The van der Waals surface area contributed by atoms with Crippen LogP contribution in [0.2, 0.25) is 0 Å². The van der Waals surface area contributed by atoms with Gasteiger partial charge in [0.2, 0.25) is 0 Å². The number of hydrogen-bond donors (Lipinski definition) is 2. The minimum absolute atomic E-state index is 0.160. The van der Waals surface area contributed by atoms with Crippen LogP contribution in [-0.2, 0) is 11.2 Å². The van der Waals surface area contributed by atoms with E-state index in [9.17, 15) is 14.7 Å². The van der Waals surface area contributed by atoms with Gasteiger partial charge in [0.1, 0.15) is 5.75 Å². The van der Waals surface area contributed by atoms with Crippen LogP contribution in [0, 0.1) is 0 Å². The predicted octanol–water partition coefficient (Wildman–Crippen LogP) is 1.86. The molecule has 0 atom stereocenters. The van der Waals surface area contributed by atoms with Crippen LogP contribution in [0.4, 0.5) is 0 Å². The Labute approximate surface area is 88.2 Å². The van der Waals surface area contributed by atoms with E-state index in [0.717, 1.165) is 0 Å². The highest BCUT2D eigenvalue weighted by Gasteiger charge is 2.04. The number of hydrogen-bond acceptors (Lipinski definition) is 3. The second-order valence-electron chi connectivity index (χ2n) is 2.58. The zero-order valence-corrected chi connectivity index (χ0v) is 8.73. The minimum atomic E-state index is -0.974. The zero-order valence-electron chi connectivity index (χ0n) is 8.73. The van der Waals surface area contributed by atoms with Crippen LogP contribution in [0.1, 0.15) is 29.8 Å². The molecule has 0 fully saturated rings. The summed E-state index contributed by atoms with van der Waals surface area (Å²) < 4.78 is 0. The first-order chi connectivity index (χ1) is 7.13. The van der Waals surface area contributed by atoms with Gasteiger partial charge in [-0.15, -0.1) is 0 Å². The zero-order chi connectivity index (χ0) is 11.8. The molecule has 15 heavy (non-hydrogen) atoms. The fourth-order valence-corrected chi connectivity index (χ4v) is 0.973. The second-order valence-corrected chi connectivity index (χ2v) is 2.58. The standard InChI is InChI=1S/C9H8O4.C2H6/c10-5-7-2-1-6(3-8(7)11)4-9(12)13;1-2/h1-3,5,11H,4H2,(H,12,13);1-2H3. The number of phenols is 1. The van der Waals surface area contributed by atoms with Crippen LogP contribution in [-0.4, -0.2) is 22.5 Å². The normalized spacial score (nSPS) is 8.67. The molecule has 0 aliphatic heterocycles. The van der Waals surface area contributed by atoms with Crippen LogP contribution in [0.5, 0.6) is 5.75 Å². The average molecular weight is 210 g/mol. The maximum absolute atomic E-state index is 10.3. The summed E-state index contributed by atoms with van der Waals surface area (Å²) in [5.41, 5.74) is 0.629. The van der Waals surface area contributed by atoms with E-state index in [1.54, 1.807) is 0 Å². The summed E-state index contributed by atoms with van der Waals surface area (Å²) in [6.45, 7) is 4.00. The van der Waals surface area contributed by atoms with Crippen LogP contribution in [0.15, 0.2) is 18.2 Å². The predicted molar refractivity (Wildman–Crippen MR) is 56.2 cm³/mol. The van der Waals surface area contributed by atoms with Crippen molar-refractivity contribution in [3.8, 4) is 5.75 Å². The van der Waals surface area contributed by atoms with Gasteiger partial charge >= 0.3 is 5.97 Å². The van der Waals surface area contributed by atoms with E-state index in [-0.39, 0.29) is 17.7 Å². The van der Waals surface area contributed by atoms with E-state index in [2.05, 4.69) is 0 Å². The molecule has 0 unspecified atom stereocenters. The molecule has 0 aliphatic rings. The van der Waals surface area contributed by atoms with E-state index >= 15 is 0 Å². The van der Waals surface area contributed by atoms with Crippen molar-refractivity contribution in [3.05, 3.63) is 29.3 Å². The maximum atomic E-state index is 10.3. The summed E-state index contributed by atoms with van der Waals surface area (Å²) in [5, 5.41) is 17.6. The van der Waals surface area contributed by atoms with E-state index in [1.165, 1.54) is 18.2 Å². The Bertz CT molecular complexity index is 344. The van der Waals surface area contributed by atoms with Gasteiger partial charge in [0.25, 0.3) is 0 Å². The Morgan fingerprint density at radius 1 is 1.40 bits per heavy atom. The lowest BCUT2D eigenvalue weighted by atomic mass is 10.1. The lowest BCUT2D eigenvalue weighted by molar-refractivity contribution is -0.136. The summed E-state index contributed by atoms with van der Waals surface area (Å²) in [6, 6.07) is 4.16. The fraction of sp³-hybridized carbons (Fsp3) is 0.273. The van der Waals surface area contributed by atoms with Gasteiger partial charge in [0, 0.05) is 0 Å². The highest BCUT2D eigenvalue weighted by atomic mass is 16.4. The van der Waals surface area contributed by atoms with Crippen molar-refractivity contribution in [1.82, 2.24) is 0 Å². The summed E-state index contributed by atoms with van der Waals surface area (Å²) in [7, 11) is 0. The van der Waals surface area contributed by atoms with Gasteiger partial charge in [-0.3, -0.25) is 9.59 Å². The Balaban J connectivity index is 0.000000921. The summed E-state index contributed by atoms with van der Waals surface area (Å²) in [6.07, 6.45) is 0.354. The van der Waals surface area contributed by atoms with Crippen LogP contribution in [0.25, 0.3) is 0 Å². The first-order valence-electron chi connectivity index (χ1n) is 4.62. The first-order valence-corrected chi connectivity index (χ1v) is 4.62. The third-order valence-corrected chi connectivity index (χ3v) is 1.58. The van der Waals surface area contributed by atoms with Crippen LogP contribution < -0.4 is 0 Å². The van der Waals surface area contributed by atoms with Crippen molar-refractivity contribution < 1.29 is 19.8 Å². The SMILES string of the molecule is CC.O=Cc1ccc(CC(=O)O)cc1O. The second kappa shape index (κ2) is 6.59. The highest BCUT2D eigenvalue weighted by molar-refractivity contribution is 5.79. The molecular weight excluding hydrogens is 196 g/mol. The smallest absolute Gasteiger partial charge is 0.307 e. The van der Waals surface area contributed by atoms with E-state index < -0.39 is 5.97 Å². The number of phenolic OH excluding ortho intramolecular Hbond substituents is 1. The molecule has 0 saturated carbocycles. The quantitative estimate of drug-likeness (QED) is 0.746. The van der Waals surface area contributed by atoms with E-state index in [4.69, 9.17) is 5.11 Å². The molecule has 0 aromatic heterocycles. The fourth-order valence-electron chi connectivity index (χ4n) is 0.973. The molecule has 0 saturated heterocycles. The summed E-state index contributed by atoms with van der Waals surface area (Å²) in [5.74, 6) is -1.16. The average Bonchev–Trinajstić information content (AvgIpc) is 2.20. The lowest BCUT2D eigenvalue weighted by Gasteiger charge is -1.99. The molecule has 2 N–H and O–H groups in total. The molecule has 0 radical (unpaired) electrons. The van der Waals surface area contributed by atoms with Gasteiger partial charge in [0.05, 0.1) is 12.0 Å². The van der Waals surface area contributed by atoms with Gasteiger partial charge in [-0.25, -0.2) is 0 Å². The molecule has 0 bridgehead atoms. The Morgan fingerprint density at radius 2 is 2.00 bits per heavy atom. The summed E-state index contributed by atoms with van der Waals surface area (Å²) in [4.78, 5) is 20.6. The van der Waals surface area contributed by atoms with Gasteiger partial charge < -0.3 is 10.2 Å². The number of aliphatic carboxylic acids is 1. The van der Waals surface area contributed by atoms with Crippen molar-refractivity contribution in [2.75, 3.05) is 0 Å². The molecule has 4 nitrogen and oxygen atoms in total. The van der Waals surface area contributed by atoms with E-state index in [0.29, 0.717) is 11.8 Å². The van der Waals surface area contributed by atoms with Crippen LogP contribution >= 0.6 is 0 Å². The van der Waals surface area contributed by atoms with Crippen molar-refractivity contribution in [2.24, 2.45) is 0 Å². The third kappa shape index (κ3) is 4.26. The van der Waals surface area contributed by atoms with Crippen molar-refractivity contribution in [3.63, 3.8) is 0 Å². The molecule has 82 valence electrons. The topological polar surface area (TPSA) is 74.6 Å². The van der Waals surface area contributed by atoms with E-state index in [1.807, 2.05) is 13.8 Å². The first kappa shape index (κ1) is 13.2. The largest absolute Gasteiger partial charge is 0.507 e. The number of aromatic hydroxyl groups is 1. The number of carboxylic acids is 1. The van der Waals surface area contributed by atoms with Crippen molar-refractivity contribution in [1.29, 1.82) is 0 Å². The number of carbonyl (C=O) groups excluding carboxylic acids is 1. The van der Waals surface area contributed by atoms with Gasteiger partial charge in [-0.1, -0.05) is 19.9 Å². The molecule has 1 aromatic carbocycles. The molecule has 0 spiro atoms. The molecular formula is C11H14O4. The third-order valence-electron chi connectivity index (χ3n) is 1.58. The Hall–Kier alpha value is -1.84. The number of carbonyl (C=O) groups is 2. The Kier molecular flexibility index (Phi) is 5.78. The minimum Gasteiger partial charge on any atom is -0.507 e. The monoisotopic (exact) mass is 210 g/mol. The number of aldehydes is 1. The number of benzene rings is 1. The molecule has 1 aromatic rings. The molecule has 0 aliphatic carbocycles. The van der Waals surface area contributed by atoms with Crippen molar-refractivity contribution >= 4 is 12.3 Å². The van der Waals surface area contributed by atoms with Crippen LogP contribution in [0.3, 0.4) is 0 Å². The molecule has 0 heterocycles. The molecule has 0 amide bonds.